The highest BCUT2D eigenvalue weighted by molar-refractivity contribution is 6.30. The first-order chi connectivity index (χ1) is 10.6. The van der Waals surface area contributed by atoms with Crippen LogP contribution in [0.25, 0.3) is 11.1 Å². The molecular formula is C15H13ClFN3O2. The average Bonchev–Trinajstić information content (AvgIpc) is 3.00. The van der Waals surface area contributed by atoms with Crippen molar-refractivity contribution in [1.29, 1.82) is 0 Å². The van der Waals surface area contributed by atoms with E-state index in [1.807, 2.05) is 24.3 Å². The molecule has 22 heavy (non-hydrogen) atoms. The lowest BCUT2D eigenvalue weighted by Gasteiger charge is -2.15. The first-order valence-corrected chi connectivity index (χ1v) is 6.98. The predicted octanol–water partition coefficient (Wildman–Crippen LogP) is 2.25. The van der Waals surface area contributed by atoms with Crippen LogP contribution in [0, 0.1) is 5.82 Å². The van der Waals surface area contributed by atoms with Crippen LogP contribution in [0.2, 0.25) is 5.02 Å². The molecule has 7 heteroatoms. The van der Waals surface area contributed by atoms with E-state index in [0.29, 0.717) is 5.56 Å². The molecule has 2 atom stereocenters. The Kier molecular flexibility index (Phi) is 4.08. The highest BCUT2D eigenvalue weighted by Crippen LogP contribution is 2.26. The van der Waals surface area contributed by atoms with E-state index >= 15 is 0 Å². The Morgan fingerprint density at radius 2 is 1.77 bits per heavy atom. The summed E-state index contributed by atoms with van der Waals surface area (Å²) in [5, 5.41) is 9.22. The van der Waals surface area contributed by atoms with E-state index < -0.39 is 23.9 Å². The van der Waals surface area contributed by atoms with Gasteiger partial charge >= 0.3 is 5.97 Å². The van der Waals surface area contributed by atoms with Crippen LogP contribution in [-0.4, -0.2) is 17.1 Å². The molecule has 0 aromatic heterocycles. The molecule has 0 aliphatic carbocycles. The van der Waals surface area contributed by atoms with Gasteiger partial charge in [-0.3, -0.25) is 4.79 Å². The van der Waals surface area contributed by atoms with Gasteiger partial charge in [0.15, 0.2) is 0 Å². The maximum Gasteiger partial charge on any atom is 0.324 e. The van der Waals surface area contributed by atoms with E-state index in [1.54, 1.807) is 6.07 Å². The molecule has 1 aliphatic rings. The quantitative estimate of drug-likeness (QED) is 0.698. The normalized spacial score (nSPS) is 21.0. The number of aliphatic carboxylic acids is 1. The van der Waals surface area contributed by atoms with E-state index in [9.17, 15) is 9.18 Å². The van der Waals surface area contributed by atoms with Crippen LogP contribution in [0.15, 0.2) is 42.5 Å². The molecular weight excluding hydrogens is 309 g/mol. The van der Waals surface area contributed by atoms with Crippen molar-refractivity contribution in [2.24, 2.45) is 0 Å². The van der Waals surface area contributed by atoms with Gasteiger partial charge in [-0.15, -0.1) is 0 Å². The standard InChI is InChI=1S/C15H13ClFN3O2/c16-11-6-5-10(7-12(11)17)8-1-3-9(4-2-8)13-14(15(21)22)19-20-18-13/h1-7,13-14,18-20H,(H,21,22). The van der Waals surface area contributed by atoms with Crippen LogP contribution in [0.4, 0.5) is 4.39 Å². The number of hydrogen-bond acceptors (Lipinski definition) is 4. The molecule has 2 unspecified atom stereocenters. The summed E-state index contributed by atoms with van der Waals surface area (Å²) >= 11 is 5.67. The highest BCUT2D eigenvalue weighted by Gasteiger charge is 2.33. The second kappa shape index (κ2) is 6.02. The monoisotopic (exact) mass is 321 g/mol. The maximum absolute atomic E-state index is 13.5. The minimum absolute atomic E-state index is 0.0805. The minimum Gasteiger partial charge on any atom is -0.480 e. The summed E-state index contributed by atoms with van der Waals surface area (Å²) in [6, 6.07) is 10.7. The summed E-state index contributed by atoms with van der Waals surface area (Å²) in [6.07, 6.45) is 0. The number of rotatable bonds is 3. The second-order valence-corrected chi connectivity index (χ2v) is 5.37. The van der Waals surface area contributed by atoms with Gasteiger partial charge in [-0.05, 0) is 28.8 Å². The zero-order valence-corrected chi connectivity index (χ0v) is 12.1. The molecule has 0 amide bonds. The lowest BCUT2D eigenvalue weighted by atomic mass is 9.97. The van der Waals surface area contributed by atoms with Gasteiger partial charge in [-0.1, -0.05) is 41.9 Å². The largest absolute Gasteiger partial charge is 0.480 e. The minimum atomic E-state index is -0.952. The first-order valence-electron chi connectivity index (χ1n) is 6.60. The van der Waals surface area contributed by atoms with Crippen LogP contribution in [0.5, 0.6) is 0 Å². The Hall–Kier alpha value is -1.99. The van der Waals surface area contributed by atoms with Crippen LogP contribution in [0.1, 0.15) is 11.6 Å². The Labute approximate surface area is 131 Å². The Morgan fingerprint density at radius 3 is 2.41 bits per heavy atom. The van der Waals surface area contributed by atoms with Gasteiger partial charge in [0, 0.05) is 0 Å². The molecule has 1 heterocycles. The van der Waals surface area contributed by atoms with Crippen molar-refractivity contribution < 1.29 is 14.3 Å². The van der Waals surface area contributed by atoms with Gasteiger partial charge < -0.3 is 5.11 Å². The molecule has 4 N–H and O–H groups in total. The van der Waals surface area contributed by atoms with Crippen molar-refractivity contribution in [3.8, 4) is 11.1 Å². The number of carbonyl (C=O) groups is 1. The van der Waals surface area contributed by atoms with E-state index in [1.165, 1.54) is 12.1 Å². The lowest BCUT2D eigenvalue weighted by Crippen LogP contribution is -2.38. The van der Waals surface area contributed by atoms with Gasteiger partial charge in [-0.25, -0.2) is 15.2 Å². The summed E-state index contributed by atoms with van der Waals surface area (Å²) in [6.45, 7) is 0. The third-order valence-corrected chi connectivity index (χ3v) is 3.88. The number of hydrazine groups is 2. The molecule has 1 fully saturated rings. The molecule has 0 spiro atoms. The molecule has 0 radical (unpaired) electrons. The van der Waals surface area contributed by atoms with Crippen molar-refractivity contribution in [2.45, 2.75) is 12.1 Å². The fourth-order valence-corrected chi connectivity index (χ4v) is 2.52. The lowest BCUT2D eigenvalue weighted by molar-refractivity contribution is -0.139. The van der Waals surface area contributed by atoms with Crippen molar-refractivity contribution in [1.82, 2.24) is 16.4 Å². The van der Waals surface area contributed by atoms with Gasteiger partial charge in [0.1, 0.15) is 11.9 Å². The molecule has 5 nitrogen and oxygen atoms in total. The number of halogens is 2. The predicted molar refractivity (Wildman–Crippen MR) is 80.4 cm³/mol. The third kappa shape index (κ3) is 2.82. The van der Waals surface area contributed by atoms with Gasteiger partial charge in [0.25, 0.3) is 0 Å². The van der Waals surface area contributed by atoms with Crippen molar-refractivity contribution in [3.05, 3.63) is 58.9 Å². The Bertz CT molecular complexity index is 708. The van der Waals surface area contributed by atoms with Gasteiger partial charge in [-0.2, -0.15) is 5.53 Å². The van der Waals surface area contributed by atoms with Gasteiger partial charge in [0.2, 0.25) is 0 Å². The van der Waals surface area contributed by atoms with Crippen LogP contribution >= 0.6 is 11.6 Å². The summed E-state index contributed by atoms with van der Waals surface area (Å²) < 4.78 is 13.5. The van der Waals surface area contributed by atoms with E-state index in [2.05, 4.69) is 16.4 Å². The van der Waals surface area contributed by atoms with E-state index in [0.717, 1.165) is 11.1 Å². The molecule has 0 saturated carbocycles. The first kappa shape index (κ1) is 14.9. The summed E-state index contributed by atoms with van der Waals surface area (Å²) in [7, 11) is 0. The fourth-order valence-electron chi connectivity index (χ4n) is 2.40. The van der Waals surface area contributed by atoms with Crippen molar-refractivity contribution >= 4 is 17.6 Å². The van der Waals surface area contributed by atoms with Crippen molar-refractivity contribution in [2.75, 3.05) is 0 Å². The van der Waals surface area contributed by atoms with Crippen LogP contribution < -0.4 is 16.4 Å². The highest BCUT2D eigenvalue weighted by atomic mass is 35.5. The number of nitrogens with one attached hydrogen (secondary N) is 3. The molecule has 1 saturated heterocycles. The number of benzene rings is 2. The number of carboxylic acid groups (broad SMARTS) is 1. The molecule has 114 valence electrons. The maximum atomic E-state index is 13.5. The zero-order valence-electron chi connectivity index (χ0n) is 11.3. The summed E-state index contributed by atoms with van der Waals surface area (Å²) in [5.74, 6) is -1.42. The van der Waals surface area contributed by atoms with Crippen LogP contribution in [-0.2, 0) is 4.79 Å². The topological polar surface area (TPSA) is 73.4 Å². The molecule has 0 bridgehead atoms. The third-order valence-electron chi connectivity index (χ3n) is 3.58. The Morgan fingerprint density at radius 1 is 1.09 bits per heavy atom. The SMILES string of the molecule is O=C(O)C1NNNC1c1ccc(-c2ccc(Cl)c(F)c2)cc1. The molecule has 2 aromatic rings. The van der Waals surface area contributed by atoms with E-state index in [4.69, 9.17) is 16.7 Å². The Balaban J connectivity index is 1.86. The molecule has 1 aliphatic heterocycles. The van der Waals surface area contributed by atoms with Crippen LogP contribution in [0.3, 0.4) is 0 Å². The number of hydrogen-bond donors (Lipinski definition) is 4. The average molecular weight is 322 g/mol. The summed E-state index contributed by atoms with van der Waals surface area (Å²) in [5.41, 5.74) is 10.5. The smallest absolute Gasteiger partial charge is 0.324 e. The molecule has 3 rings (SSSR count). The molecule has 2 aromatic carbocycles. The van der Waals surface area contributed by atoms with Gasteiger partial charge in [0.05, 0.1) is 11.1 Å². The number of carboxylic acids is 1. The van der Waals surface area contributed by atoms with Crippen molar-refractivity contribution in [3.63, 3.8) is 0 Å². The van der Waals surface area contributed by atoms with E-state index in [-0.39, 0.29) is 5.02 Å². The summed E-state index contributed by atoms with van der Waals surface area (Å²) in [4.78, 5) is 11.1. The zero-order chi connectivity index (χ0) is 15.7. The fraction of sp³-hybridized carbons (Fsp3) is 0.133. The second-order valence-electron chi connectivity index (χ2n) is 4.96.